The highest BCUT2D eigenvalue weighted by atomic mass is 19.1. The molecule has 1 atom stereocenters. The van der Waals surface area contributed by atoms with Gasteiger partial charge in [-0.15, -0.1) is 0 Å². The first-order valence-electron chi connectivity index (χ1n) is 4.65. The van der Waals surface area contributed by atoms with Crippen molar-refractivity contribution in [1.29, 1.82) is 0 Å². The van der Waals surface area contributed by atoms with Gasteiger partial charge in [0, 0.05) is 0 Å². The van der Waals surface area contributed by atoms with E-state index in [9.17, 15) is 9.18 Å². The molecule has 0 heterocycles. The number of benzene rings is 1. The summed E-state index contributed by atoms with van der Waals surface area (Å²) in [5, 5.41) is 0. The van der Waals surface area contributed by atoms with Gasteiger partial charge in [-0.25, -0.2) is 9.18 Å². The first-order valence-corrected chi connectivity index (χ1v) is 4.65. The van der Waals surface area contributed by atoms with Gasteiger partial charge in [-0.2, -0.15) is 0 Å². The van der Waals surface area contributed by atoms with Crippen LogP contribution in [0.1, 0.15) is 11.7 Å². The molecule has 4 heteroatoms. The Labute approximate surface area is 93.5 Å². The molecule has 0 fully saturated rings. The molecule has 0 aliphatic carbocycles. The molecule has 0 amide bonds. The van der Waals surface area contributed by atoms with Crippen molar-refractivity contribution in [2.45, 2.75) is 6.17 Å². The second-order valence-corrected chi connectivity index (χ2v) is 3.16. The summed E-state index contributed by atoms with van der Waals surface area (Å²) in [5.74, 6) is -0.229. The topological polar surface area (TPSA) is 35.5 Å². The minimum atomic E-state index is -1.58. The number of methoxy groups -OCH3 is 2. The fraction of sp³-hybridized carbons (Fsp3) is 0.250. The van der Waals surface area contributed by atoms with Crippen molar-refractivity contribution in [2.24, 2.45) is 0 Å². The maximum atomic E-state index is 13.8. The third-order valence-corrected chi connectivity index (χ3v) is 2.14. The van der Waals surface area contributed by atoms with Gasteiger partial charge in [0.25, 0.3) is 0 Å². The van der Waals surface area contributed by atoms with E-state index in [4.69, 9.17) is 4.74 Å². The number of alkyl halides is 1. The lowest BCUT2D eigenvalue weighted by atomic mass is 10.0. The van der Waals surface area contributed by atoms with Crippen LogP contribution in [-0.4, -0.2) is 20.2 Å². The molecule has 1 aromatic rings. The van der Waals surface area contributed by atoms with Gasteiger partial charge in [-0.3, -0.25) is 0 Å². The van der Waals surface area contributed by atoms with E-state index >= 15 is 0 Å². The Morgan fingerprint density at radius 1 is 1.44 bits per heavy atom. The molecule has 1 aromatic carbocycles. The Morgan fingerprint density at radius 3 is 2.69 bits per heavy atom. The number of carbonyl (C=O) groups is 1. The number of ether oxygens (including phenoxy) is 2. The van der Waals surface area contributed by atoms with Crippen molar-refractivity contribution in [3.63, 3.8) is 0 Å². The molecule has 0 aliphatic rings. The Morgan fingerprint density at radius 2 is 2.12 bits per heavy atom. The van der Waals surface area contributed by atoms with Crippen molar-refractivity contribution in [2.75, 3.05) is 14.2 Å². The molecule has 0 unspecified atom stereocenters. The van der Waals surface area contributed by atoms with E-state index in [-0.39, 0.29) is 5.57 Å². The van der Waals surface area contributed by atoms with Crippen molar-refractivity contribution >= 4 is 5.97 Å². The smallest absolute Gasteiger partial charge is 0.336 e. The van der Waals surface area contributed by atoms with Crippen LogP contribution < -0.4 is 4.74 Å². The van der Waals surface area contributed by atoms with E-state index in [2.05, 4.69) is 11.3 Å². The zero-order chi connectivity index (χ0) is 12.1. The molecule has 16 heavy (non-hydrogen) atoms. The van der Waals surface area contributed by atoms with E-state index < -0.39 is 12.1 Å². The Balaban J connectivity index is 2.91. The number of halogens is 1. The summed E-state index contributed by atoms with van der Waals surface area (Å²) in [6, 6.07) is 6.41. The number of hydrogen-bond acceptors (Lipinski definition) is 3. The van der Waals surface area contributed by atoms with Crippen LogP contribution in [0.5, 0.6) is 5.75 Å². The molecular formula is C12H13FO3. The molecule has 1 rings (SSSR count). The third kappa shape index (κ3) is 2.59. The van der Waals surface area contributed by atoms with Gasteiger partial charge in [0.15, 0.2) is 6.17 Å². The van der Waals surface area contributed by atoms with Crippen LogP contribution in [0.2, 0.25) is 0 Å². The number of esters is 1. The lowest BCUT2D eigenvalue weighted by molar-refractivity contribution is -0.136. The van der Waals surface area contributed by atoms with Gasteiger partial charge in [-0.1, -0.05) is 18.7 Å². The zero-order valence-corrected chi connectivity index (χ0v) is 9.20. The molecule has 0 spiro atoms. The lowest BCUT2D eigenvalue weighted by Gasteiger charge is -2.10. The fourth-order valence-electron chi connectivity index (χ4n) is 1.23. The standard InChI is InChI=1S/C12H13FO3/c1-8(12(14)16-3)11(13)9-5-4-6-10(7-9)15-2/h4-7,11H,1H2,2-3H3/t11-/m0/s1. The Kier molecular flexibility index (Phi) is 4.05. The highest BCUT2D eigenvalue weighted by Crippen LogP contribution is 2.27. The molecule has 0 aromatic heterocycles. The SMILES string of the molecule is C=C(C(=O)OC)[C@H](F)c1cccc(OC)c1. The normalized spacial score (nSPS) is 11.7. The third-order valence-electron chi connectivity index (χ3n) is 2.14. The highest BCUT2D eigenvalue weighted by molar-refractivity contribution is 5.89. The molecule has 3 nitrogen and oxygen atoms in total. The van der Waals surface area contributed by atoms with Crippen LogP contribution in [0.4, 0.5) is 4.39 Å². The first kappa shape index (κ1) is 12.2. The van der Waals surface area contributed by atoms with Gasteiger partial charge in [0.05, 0.1) is 19.8 Å². The van der Waals surface area contributed by atoms with Crippen molar-refractivity contribution < 1.29 is 18.7 Å². The van der Waals surface area contributed by atoms with Crippen molar-refractivity contribution in [1.82, 2.24) is 0 Å². The van der Waals surface area contributed by atoms with Crippen molar-refractivity contribution in [3.05, 3.63) is 42.0 Å². The summed E-state index contributed by atoms with van der Waals surface area (Å²) < 4.78 is 23.2. The highest BCUT2D eigenvalue weighted by Gasteiger charge is 2.21. The number of rotatable bonds is 4. The van der Waals surface area contributed by atoms with Gasteiger partial charge >= 0.3 is 5.97 Å². The molecule has 0 aliphatic heterocycles. The van der Waals surface area contributed by atoms with Crippen molar-refractivity contribution in [3.8, 4) is 5.75 Å². The summed E-state index contributed by atoms with van der Waals surface area (Å²) in [6.45, 7) is 3.37. The minimum Gasteiger partial charge on any atom is -0.497 e. The second kappa shape index (κ2) is 5.30. The van der Waals surface area contributed by atoms with Gasteiger partial charge in [0.2, 0.25) is 0 Å². The average molecular weight is 224 g/mol. The van der Waals surface area contributed by atoms with Gasteiger partial charge < -0.3 is 9.47 Å². The maximum Gasteiger partial charge on any atom is 0.336 e. The monoisotopic (exact) mass is 224 g/mol. The van der Waals surface area contributed by atoms with Gasteiger partial charge in [-0.05, 0) is 17.7 Å². The summed E-state index contributed by atoms with van der Waals surface area (Å²) >= 11 is 0. The van der Waals surface area contributed by atoms with E-state index in [1.807, 2.05) is 0 Å². The van der Waals surface area contributed by atoms with E-state index in [1.165, 1.54) is 20.3 Å². The molecule has 0 radical (unpaired) electrons. The molecular weight excluding hydrogens is 211 g/mol. The van der Waals surface area contributed by atoms with Crippen LogP contribution in [-0.2, 0) is 9.53 Å². The fourth-order valence-corrected chi connectivity index (χ4v) is 1.23. The lowest BCUT2D eigenvalue weighted by Crippen LogP contribution is -2.09. The summed E-state index contributed by atoms with van der Waals surface area (Å²) in [4.78, 5) is 11.1. The van der Waals surface area contributed by atoms with Crippen LogP contribution in [0.15, 0.2) is 36.4 Å². The Bertz CT molecular complexity index is 401. The molecule has 0 N–H and O–H groups in total. The van der Waals surface area contributed by atoms with Crippen LogP contribution in [0.3, 0.4) is 0 Å². The predicted molar refractivity (Wildman–Crippen MR) is 58.0 cm³/mol. The Hall–Kier alpha value is -1.84. The zero-order valence-electron chi connectivity index (χ0n) is 9.20. The number of carbonyl (C=O) groups excluding carboxylic acids is 1. The summed E-state index contributed by atoms with van der Waals surface area (Å²) in [6.07, 6.45) is -1.58. The van der Waals surface area contributed by atoms with Crippen LogP contribution in [0, 0.1) is 0 Å². The number of hydrogen-bond donors (Lipinski definition) is 0. The summed E-state index contributed by atoms with van der Waals surface area (Å²) in [5.41, 5.74) is 0.0884. The van der Waals surface area contributed by atoms with Crippen LogP contribution >= 0.6 is 0 Å². The quantitative estimate of drug-likeness (QED) is 0.582. The van der Waals surface area contributed by atoms with Crippen LogP contribution in [0.25, 0.3) is 0 Å². The molecule has 0 bridgehead atoms. The van der Waals surface area contributed by atoms with E-state index in [0.29, 0.717) is 11.3 Å². The minimum absolute atomic E-state index is 0.226. The molecule has 86 valence electrons. The maximum absolute atomic E-state index is 13.8. The second-order valence-electron chi connectivity index (χ2n) is 3.16. The first-order chi connectivity index (χ1) is 7.60. The molecule has 0 saturated heterocycles. The van der Waals surface area contributed by atoms with E-state index in [0.717, 1.165) is 0 Å². The summed E-state index contributed by atoms with van der Waals surface area (Å²) in [7, 11) is 2.67. The van der Waals surface area contributed by atoms with E-state index in [1.54, 1.807) is 18.2 Å². The average Bonchev–Trinajstić information content (AvgIpc) is 2.36. The predicted octanol–water partition coefficient (Wildman–Crippen LogP) is 2.44. The van der Waals surface area contributed by atoms with Gasteiger partial charge in [0.1, 0.15) is 5.75 Å². The molecule has 0 saturated carbocycles. The largest absolute Gasteiger partial charge is 0.497 e.